The number of fused-ring (bicyclic) bond motifs is 7. The van der Waals surface area contributed by atoms with Crippen molar-refractivity contribution in [1.29, 1.82) is 0 Å². The van der Waals surface area contributed by atoms with Gasteiger partial charge >= 0.3 is 5.97 Å². The quantitative estimate of drug-likeness (QED) is 0.204. The predicted molar refractivity (Wildman–Crippen MR) is 179 cm³/mol. The highest BCUT2D eigenvalue weighted by molar-refractivity contribution is 5.89. The summed E-state index contributed by atoms with van der Waals surface area (Å²) in [5.41, 5.74) is 7.54. The molecule has 44 heavy (non-hydrogen) atoms. The molecule has 6 rings (SSSR count). The SMILES string of the molecule is C=CC.COC(=O)c1cccc(CCC23CCCC2C2CCC4C(C)(CCC5C(C)(C)C(O)CCC54C)C2CC3)c1.NC=O. The fraction of sp³-hybridized carbons (Fsp3) is 0.744. The topological polar surface area (TPSA) is 89.6 Å². The van der Waals surface area contributed by atoms with Crippen LogP contribution >= 0.6 is 0 Å². The van der Waals surface area contributed by atoms with Crippen molar-refractivity contribution in [2.45, 2.75) is 124 Å². The number of hydrogen-bond acceptors (Lipinski definition) is 4. The zero-order valence-electron chi connectivity index (χ0n) is 28.6. The van der Waals surface area contributed by atoms with Crippen molar-refractivity contribution in [2.24, 2.45) is 57.0 Å². The molecule has 0 spiro atoms. The highest BCUT2D eigenvalue weighted by atomic mass is 16.5. The minimum Gasteiger partial charge on any atom is -0.465 e. The summed E-state index contributed by atoms with van der Waals surface area (Å²) in [6.45, 7) is 15.3. The van der Waals surface area contributed by atoms with Crippen LogP contribution in [0.4, 0.5) is 0 Å². The first-order valence-electron chi connectivity index (χ1n) is 17.5. The van der Waals surface area contributed by atoms with Crippen LogP contribution in [0.25, 0.3) is 0 Å². The third kappa shape index (κ3) is 6.04. The van der Waals surface area contributed by atoms with Crippen molar-refractivity contribution in [3.05, 3.63) is 48.0 Å². The van der Waals surface area contributed by atoms with E-state index < -0.39 is 0 Å². The van der Waals surface area contributed by atoms with Gasteiger partial charge in [0.1, 0.15) is 0 Å². The number of esters is 1. The van der Waals surface area contributed by atoms with Crippen LogP contribution in [0.2, 0.25) is 0 Å². The number of methoxy groups -OCH3 is 1. The van der Waals surface area contributed by atoms with Crippen molar-refractivity contribution < 1.29 is 19.4 Å². The normalized spacial score (nSPS) is 39.7. The lowest BCUT2D eigenvalue weighted by molar-refractivity contribution is -0.214. The van der Waals surface area contributed by atoms with Crippen LogP contribution in [0.15, 0.2) is 36.9 Å². The van der Waals surface area contributed by atoms with E-state index in [4.69, 9.17) is 9.53 Å². The molecule has 0 bridgehead atoms. The smallest absolute Gasteiger partial charge is 0.337 e. The second kappa shape index (κ2) is 13.7. The Morgan fingerprint density at radius 1 is 0.977 bits per heavy atom. The fourth-order valence-electron chi connectivity index (χ4n) is 12.1. The van der Waals surface area contributed by atoms with Gasteiger partial charge in [0, 0.05) is 0 Å². The number of aryl methyl sites for hydroxylation is 1. The zero-order chi connectivity index (χ0) is 32.3. The highest BCUT2D eigenvalue weighted by Gasteiger charge is 2.66. The van der Waals surface area contributed by atoms with Gasteiger partial charge in [-0.15, -0.1) is 6.58 Å². The number of aliphatic hydroxyl groups is 1. The van der Waals surface area contributed by atoms with E-state index in [1.54, 1.807) is 6.08 Å². The number of carbonyl (C=O) groups excluding carboxylic acids is 2. The van der Waals surface area contributed by atoms with E-state index in [0.717, 1.165) is 36.5 Å². The Morgan fingerprint density at radius 2 is 1.66 bits per heavy atom. The van der Waals surface area contributed by atoms with E-state index >= 15 is 0 Å². The summed E-state index contributed by atoms with van der Waals surface area (Å²) in [4.78, 5) is 20.7. The molecule has 5 aliphatic carbocycles. The number of allylic oxidation sites excluding steroid dienone is 1. The Balaban J connectivity index is 0.000000683. The Hall–Kier alpha value is -2.14. The standard InChI is InChI=1S/C35H52O3.C3H6.CH3NO/c1-32(2)28-15-18-33(3)26-14-21-35(20-13-23-8-6-9-24(22-23)31(37)38-5)17-7-10-27(35)25(26)11-12-29(33)34(28,4)19-16-30(32)36;1-3-2;2-1-3/h6,8-9,22,25-30,36H,7,10-21H2,1-5H3;3H,1H2,2H3;1H,(H2,2,3). The molecule has 3 N–H and O–H groups in total. The molecule has 0 heterocycles. The molecule has 1 aromatic carbocycles. The lowest BCUT2D eigenvalue weighted by Gasteiger charge is -2.69. The van der Waals surface area contributed by atoms with Crippen molar-refractivity contribution in [3.8, 4) is 0 Å². The first-order chi connectivity index (χ1) is 20.9. The number of ether oxygens (including phenoxy) is 1. The van der Waals surface area contributed by atoms with Crippen LogP contribution in [0.5, 0.6) is 0 Å². The molecule has 5 saturated carbocycles. The molecule has 1 aromatic rings. The first kappa shape index (κ1) is 34.7. The molecule has 9 unspecified atom stereocenters. The number of rotatable bonds is 4. The number of aliphatic hydroxyl groups excluding tert-OH is 1. The van der Waals surface area contributed by atoms with Gasteiger partial charge in [0.05, 0.1) is 18.8 Å². The molecular formula is C39H61NO4. The maximum atomic E-state index is 12.1. The lowest BCUT2D eigenvalue weighted by Crippen LogP contribution is -2.63. The Kier molecular flexibility index (Phi) is 10.8. The van der Waals surface area contributed by atoms with Crippen molar-refractivity contribution in [1.82, 2.24) is 0 Å². The zero-order valence-corrected chi connectivity index (χ0v) is 28.6. The largest absolute Gasteiger partial charge is 0.465 e. The Bertz CT molecular complexity index is 1160. The van der Waals surface area contributed by atoms with Gasteiger partial charge in [-0.3, -0.25) is 4.79 Å². The molecule has 0 aliphatic heterocycles. The van der Waals surface area contributed by atoms with E-state index in [9.17, 15) is 9.90 Å². The minimum atomic E-state index is -0.228. The van der Waals surface area contributed by atoms with Gasteiger partial charge in [0.15, 0.2) is 0 Å². The average Bonchev–Trinajstić information content (AvgIpc) is 3.43. The summed E-state index contributed by atoms with van der Waals surface area (Å²) >= 11 is 0. The van der Waals surface area contributed by atoms with Crippen LogP contribution in [0, 0.1) is 51.2 Å². The van der Waals surface area contributed by atoms with Crippen LogP contribution in [0.1, 0.15) is 128 Å². The summed E-state index contributed by atoms with van der Waals surface area (Å²) in [6.07, 6.45) is 19.0. The average molecular weight is 608 g/mol. The van der Waals surface area contributed by atoms with Crippen molar-refractivity contribution in [2.75, 3.05) is 7.11 Å². The second-order valence-electron chi connectivity index (χ2n) is 16.0. The van der Waals surface area contributed by atoms with Gasteiger partial charge in [-0.05, 0) is 153 Å². The molecule has 246 valence electrons. The van der Waals surface area contributed by atoms with E-state index in [0.29, 0.717) is 27.7 Å². The molecule has 5 aliphatic rings. The van der Waals surface area contributed by atoms with E-state index in [-0.39, 0.29) is 23.9 Å². The predicted octanol–water partition coefficient (Wildman–Crippen LogP) is 8.53. The van der Waals surface area contributed by atoms with Gasteiger partial charge in [-0.2, -0.15) is 0 Å². The third-order valence-corrected chi connectivity index (χ3v) is 13.9. The van der Waals surface area contributed by atoms with Crippen LogP contribution < -0.4 is 5.73 Å². The summed E-state index contributed by atoms with van der Waals surface area (Å²) in [6, 6.07) is 8.16. The molecule has 5 nitrogen and oxygen atoms in total. The number of amides is 1. The van der Waals surface area contributed by atoms with E-state index in [2.05, 4.69) is 52.1 Å². The van der Waals surface area contributed by atoms with Gasteiger partial charge in [-0.25, -0.2) is 4.79 Å². The van der Waals surface area contributed by atoms with E-state index in [1.807, 2.05) is 19.1 Å². The second-order valence-corrected chi connectivity index (χ2v) is 16.0. The van der Waals surface area contributed by atoms with Gasteiger partial charge < -0.3 is 15.6 Å². The first-order valence-corrected chi connectivity index (χ1v) is 17.5. The van der Waals surface area contributed by atoms with Crippen LogP contribution in [-0.2, 0) is 16.0 Å². The monoisotopic (exact) mass is 607 g/mol. The van der Waals surface area contributed by atoms with Crippen molar-refractivity contribution >= 4 is 12.4 Å². The number of carbonyl (C=O) groups is 2. The van der Waals surface area contributed by atoms with E-state index in [1.165, 1.54) is 83.3 Å². The molecule has 5 heteroatoms. The van der Waals surface area contributed by atoms with Crippen LogP contribution in [0.3, 0.4) is 0 Å². The lowest BCUT2D eigenvalue weighted by atomic mass is 9.36. The fourth-order valence-corrected chi connectivity index (χ4v) is 12.1. The minimum absolute atomic E-state index is 0.0452. The summed E-state index contributed by atoms with van der Waals surface area (Å²) in [5.74, 6) is 3.91. The molecular weight excluding hydrogens is 546 g/mol. The van der Waals surface area contributed by atoms with Gasteiger partial charge in [0.25, 0.3) is 0 Å². The van der Waals surface area contributed by atoms with Crippen LogP contribution in [-0.4, -0.2) is 30.7 Å². The molecule has 9 atom stereocenters. The summed E-state index contributed by atoms with van der Waals surface area (Å²) < 4.78 is 4.97. The maximum Gasteiger partial charge on any atom is 0.337 e. The van der Waals surface area contributed by atoms with Gasteiger partial charge in [-0.1, -0.05) is 52.3 Å². The number of nitrogens with two attached hydrogens (primary N) is 1. The van der Waals surface area contributed by atoms with Gasteiger partial charge in [0.2, 0.25) is 6.41 Å². The summed E-state index contributed by atoms with van der Waals surface area (Å²) in [5, 5.41) is 10.9. The molecule has 1 amide bonds. The molecule has 0 saturated heterocycles. The Labute approximate surface area is 267 Å². The number of hydrogen-bond donors (Lipinski definition) is 2. The van der Waals surface area contributed by atoms with Crippen molar-refractivity contribution in [3.63, 3.8) is 0 Å². The third-order valence-electron chi connectivity index (χ3n) is 13.9. The number of benzene rings is 1. The summed E-state index contributed by atoms with van der Waals surface area (Å²) in [7, 11) is 1.47. The number of primary amides is 1. The molecule has 0 aromatic heterocycles. The highest BCUT2D eigenvalue weighted by Crippen LogP contribution is 2.73. The molecule has 5 fully saturated rings. The Morgan fingerprint density at radius 3 is 2.34 bits per heavy atom. The molecule has 0 radical (unpaired) electrons. The maximum absolute atomic E-state index is 12.1.